The van der Waals surface area contributed by atoms with Crippen LogP contribution in [0.25, 0.3) is 0 Å². The molecule has 2 aromatic rings. The third kappa shape index (κ3) is 6.36. The standard InChI is InChI=1S/C24H16N4O8S4/c29-15(25-13-5-1-11(2-6-13)21(33)34)9-27-19(31)17(39-23(27)37)18-20(32)28(24(38)40-18)10-16(30)26-14-7-3-12(4-8-14)22(35)36/h1-8H,9-10H2,(H,25,29)(H,26,30)(H,33,34)(H,35,36)/b18-17+. The number of amides is 4. The smallest absolute Gasteiger partial charge is 0.335 e. The summed E-state index contributed by atoms with van der Waals surface area (Å²) in [6.07, 6.45) is 0. The summed E-state index contributed by atoms with van der Waals surface area (Å²) in [6, 6.07) is 10.9. The number of carbonyl (C=O) groups is 6. The van der Waals surface area contributed by atoms with E-state index in [-0.39, 0.29) is 29.6 Å². The van der Waals surface area contributed by atoms with E-state index in [1.54, 1.807) is 0 Å². The number of hydrogen-bond donors (Lipinski definition) is 4. The minimum Gasteiger partial charge on any atom is -0.478 e. The molecule has 4 rings (SSSR count). The summed E-state index contributed by atoms with van der Waals surface area (Å²) in [6.45, 7) is -0.892. The molecule has 204 valence electrons. The monoisotopic (exact) mass is 616 g/mol. The highest BCUT2D eigenvalue weighted by Gasteiger charge is 2.43. The van der Waals surface area contributed by atoms with Crippen molar-refractivity contribution in [1.82, 2.24) is 9.80 Å². The van der Waals surface area contributed by atoms with E-state index in [1.165, 1.54) is 48.5 Å². The van der Waals surface area contributed by atoms with Crippen LogP contribution in [0.1, 0.15) is 20.7 Å². The van der Waals surface area contributed by atoms with Crippen LogP contribution in [-0.2, 0) is 19.2 Å². The first kappa shape index (κ1) is 28.9. The van der Waals surface area contributed by atoms with Crippen molar-refractivity contribution < 1.29 is 39.0 Å². The van der Waals surface area contributed by atoms with Crippen molar-refractivity contribution in [2.45, 2.75) is 0 Å². The van der Waals surface area contributed by atoms with Gasteiger partial charge in [0.25, 0.3) is 11.8 Å². The van der Waals surface area contributed by atoms with Crippen LogP contribution in [-0.4, -0.2) is 77.3 Å². The Morgan fingerprint density at radius 1 is 0.650 bits per heavy atom. The predicted octanol–water partition coefficient (Wildman–Crippen LogP) is 2.59. The van der Waals surface area contributed by atoms with Gasteiger partial charge in [-0.3, -0.25) is 29.0 Å². The third-order valence-electron chi connectivity index (χ3n) is 5.34. The summed E-state index contributed by atoms with van der Waals surface area (Å²) in [5, 5.41) is 23.0. The van der Waals surface area contributed by atoms with Gasteiger partial charge in [-0.1, -0.05) is 48.0 Å². The zero-order valence-electron chi connectivity index (χ0n) is 19.9. The van der Waals surface area contributed by atoms with Crippen LogP contribution in [0.3, 0.4) is 0 Å². The molecule has 4 amide bonds. The molecule has 12 nitrogen and oxygen atoms in total. The van der Waals surface area contributed by atoms with E-state index in [9.17, 15) is 28.8 Å². The van der Waals surface area contributed by atoms with E-state index in [4.69, 9.17) is 34.6 Å². The van der Waals surface area contributed by atoms with E-state index in [1.807, 2.05) is 0 Å². The maximum Gasteiger partial charge on any atom is 0.335 e. The zero-order valence-corrected chi connectivity index (χ0v) is 23.2. The lowest BCUT2D eigenvalue weighted by molar-refractivity contribution is -0.127. The Morgan fingerprint density at radius 2 is 0.975 bits per heavy atom. The van der Waals surface area contributed by atoms with Crippen molar-refractivity contribution in [2.24, 2.45) is 0 Å². The average Bonchev–Trinajstić information content (AvgIpc) is 3.33. The van der Waals surface area contributed by atoms with Gasteiger partial charge in [-0.2, -0.15) is 0 Å². The Labute approximate surface area is 244 Å². The summed E-state index contributed by atoms with van der Waals surface area (Å²) < 4.78 is 0.0911. The molecule has 2 heterocycles. The van der Waals surface area contributed by atoms with Crippen LogP contribution in [0.5, 0.6) is 0 Å². The lowest BCUT2D eigenvalue weighted by Gasteiger charge is -2.15. The number of nitrogens with zero attached hydrogens (tertiary/aromatic N) is 2. The van der Waals surface area contributed by atoms with Crippen molar-refractivity contribution in [3.63, 3.8) is 0 Å². The van der Waals surface area contributed by atoms with Gasteiger partial charge in [0, 0.05) is 11.4 Å². The van der Waals surface area contributed by atoms with Crippen LogP contribution >= 0.6 is 48.0 Å². The minimum atomic E-state index is -1.12. The molecular weight excluding hydrogens is 601 g/mol. The first-order valence-corrected chi connectivity index (χ1v) is 13.5. The van der Waals surface area contributed by atoms with Crippen molar-refractivity contribution >= 4 is 104 Å². The number of nitrogens with one attached hydrogen (secondary N) is 2. The maximum atomic E-state index is 13.1. The third-order valence-corrected chi connectivity index (χ3v) is 8.36. The fraction of sp³-hybridized carbons (Fsp3) is 0.0833. The fourth-order valence-corrected chi connectivity index (χ4v) is 6.09. The summed E-state index contributed by atoms with van der Waals surface area (Å²) in [5.74, 6) is -4.77. The Bertz CT molecular complexity index is 1410. The molecule has 2 fully saturated rings. The molecule has 0 bridgehead atoms. The molecule has 0 saturated carbocycles. The van der Waals surface area contributed by atoms with Crippen molar-refractivity contribution in [1.29, 1.82) is 0 Å². The van der Waals surface area contributed by atoms with Gasteiger partial charge in [-0.25, -0.2) is 9.59 Å². The summed E-state index contributed by atoms with van der Waals surface area (Å²) in [5.41, 5.74) is 0.716. The molecule has 0 spiro atoms. The first-order valence-electron chi connectivity index (χ1n) is 11.0. The number of carboxylic acid groups (broad SMARTS) is 2. The molecule has 0 radical (unpaired) electrons. The number of thioether (sulfide) groups is 2. The number of anilines is 2. The lowest BCUT2D eigenvalue weighted by atomic mass is 10.2. The highest BCUT2D eigenvalue weighted by atomic mass is 32.2. The molecule has 16 heteroatoms. The second-order valence-electron chi connectivity index (χ2n) is 8.04. The second kappa shape index (κ2) is 12.0. The Morgan fingerprint density at radius 3 is 1.27 bits per heavy atom. The largest absolute Gasteiger partial charge is 0.478 e. The number of thiocarbonyl (C=S) groups is 2. The molecule has 2 aliphatic rings. The summed E-state index contributed by atoms with van der Waals surface area (Å²) in [4.78, 5) is 75.1. The summed E-state index contributed by atoms with van der Waals surface area (Å²) in [7, 11) is 0. The topological polar surface area (TPSA) is 173 Å². The number of benzene rings is 2. The number of carbonyl (C=O) groups excluding carboxylic acids is 4. The molecule has 4 N–H and O–H groups in total. The molecule has 2 aliphatic heterocycles. The van der Waals surface area contributed by atoms with E-state index in [0.717, 1.165) is 33.3 Å². The van der Waals surface area contributed by atoms with E-state index >= 15 is 0 Å². The van der Waals surface area contributed by atoms with Crippen LogP contribution < -0.4 is 10.6 Å². The molecule has 0 unspecified atom stereocenters. The SMILES string of the molecule is O=C(CN1C(=O)/C(=C2\SC(=S)N(CC(=O)Nc3ccc(C(=O)O)cc3)C2=O)SC1=S)Nc1ccc(C(=O)O)cc1. The predicted molar refractivity (Wildman–Crippen MR) is 155 cm³/mol. The van der Waals surface area contributed by atoms with Gasteiger partial charge in [0.2, 0.25) is 11.8 Å². The van der Waals surface area contributed by atoms with Crippen molar-refractivity contribution in [3.05, 3.63) is 69.5 Å². The molecule has 2 saturated heterocycles. The van der Waals surface area contributed by atoms with Gasteiger partial charge >= 0.3 is 11.9 Å². The molecule has 0 aliphatic carbocycles. The van der Waals surface area contributed by atoms with E-state index in [2.05, 4.69) is 10.6 Å². The van der Waals surface area contributed by atoms with Crippen LogP contribution in [0.2, 0.25) is 0 Å². The minimum absolute atomic E-state index is 0.0203. The average molecular weight is 617 g/mol. The maximum absolute atomic E-state index is 13.1. The van der Waals surface area contributed by atoms with Crippen LogP contribution in [0, 0.1) is 0 Å². The van der Waals surface area contributed by atoms with Crippen molar-refractivity contribution in [3.8, 4) is 0 Å². The van der Waals surface area contributed by atoms with Gasteiger partial charge in [-0.05, 0) is 48.5 Å². The Kier molecular flexibility index (Phi) is 8.63. The van der Waals surface area contributed by atoms with Crippen LogP contribution in [0.15, 0.2) is 58.3 Å². The number of rotatable bonds is 8. The molecule has 0 aromatic heterocycles. The Hall–Kier alpha value is -4.12. The number of hydrogen-bond acceptors (Lipinski definition) is 10. The zero-order chi connectivity index (χ0) is 29.1. The van der Waals surface area contributed by atoms with Gasteiger partial charge in [0.1, 0.15) is 21.7 Å². The number of carboxylic acids is 2. The van der Waals surface area contributed by atoms with Gasteiger partial charge < -0.3 is 20.8 Å². The fourth-order valence-electron chi connectivity index (χ4n) is 3.42. The van der Waals surface area contributed by atoms with Gasteiger partial charge in [-0.15, -0.1) is 0 Å². The molecular formula is C24H16N4O8S4. The van der Waals surface area contributed by atoms with Crippen molar-refractivity contribution in [2.75, 3.05) is 23.7 Å². The highest BCUT2D eigenvalue weighted by Crippen LogP contribution is 2.42. The molecule has 2 aromatic carbocycles. The van der Waals surface area contributed by atoms with Gasteiger partial charge in [0.05, 0.1) is 20.9 Å². The normalized spacial score (nSPS) is 16.9. The summed E-state index contributed by atoms with van der Waals surface area (Å²) >= 11 is 12.2. The first-order chi connectivity index (χ1) is 18.9. The second-order valence-corrected chi connectivity index (χ2v) is 11.3. The quantitative estimate of drug-likeness (QED) is 0.253. The lowest BCUT2D eigenvalue weighted by Crippen LogP contribution is -2.37. The van der Waals surface area contributed by atoms with Crippen LogP contribution in [0.4, 0.5) is 11.4 Å². The van der Waals surface area contributed by atoms with E-state index < -0.39 is 48.7 Å². The molecule has 0 atom stereocenters. The highest BCUT2D eigenvalue weighted by molar-refractivity contribution is 8.29. The number of aromatic carboxylic acids is 2. The molecule has 40 heavy (non-hydrogen) atoms. The van der Waals surface area contributed by atoms with E-state index in [0.29, 0.717) is 11.4 Å². The van der Waals surface area contributed by atoms with Gasteiger partial charge in [0.15, 0.2) is 0 Å². The Balaban J connectivity index is 1.40.